The van der Waals surface area contributed by atoms with Crippen LogP contribution < -0.4 is 10.6 Å². The molecule has 0 spiro atoms. The minimum atomic E-state index is -0.583. The SMILES string of the molecule is CCNC(=O)N[C@H](C(=O)N1CCCC1C#N)C(C)C. The third kappa shape index (κ3) is 3.85. The number of nitrogens with zero attached hydrogens (tertiary/aromatic N) is 2. The van der Waals surface area contributed by atoms with Gasteiger partial charge in [-0.15, -0.1) is 0 Å². The summed E-state index contributed by atoms with van der Waals surface area (Å²) in [5.41, 5.74) is 0. The van der Waals surface area contributed by atoms with Crippen molar-refractivity contribution in [2.24, 2.45) is 5.92 Å². The van der Waals surface area contributed by atoms with E-state index < -0.39 is 6.04 Å². The molecule has 0 saturated carbocycles. The zero-order valence-corrected chi connectivity index (χ0v) is 11.8. The summed E-state index contributed by atoms with van der Waals surface area (Å²) in [6.07, 6.45) is 1.56. The van der Waals surface area contributed by atoms with Crippen molar-refractivity contribution < 1.29 is 9.59 Å². The van der Waals surface area contributed by atoms with Crippen molar-refractivity contribution in [3.63, 3.8) is 0 Å². The smallest absolute Gasteiger partial charge is 0.315 e. The molecule has 1 unspecified atom stereocenters. The maximum atomic E-state index is 12.4. The van der Waals surface area contributed by atoms with Crippen LogP contribution in [-0.2, 0) is 4.79 Å². The number of likely N-dealkylation sites (tertiary alicyclic amines) is 1. The zero-order valence-electron chi connectivity index (χ0n) is 11.8. The fourth-order valence-electron chi connectivity index (χ4n) is 2.21. The minimum Gasteiger partial charge on any atom is -0.338 e. The van der Waals surface area contributed by atoms with Gasteiger partial charge in [-0.2, -0.15) is 5.26 Å². The van der Waals surface area contributed by atoms with Crippen LogP contribution in [0.25, 0.3) is 0 Å². The first-order valence-electron chi connectivity index (χ1n) is 6.75. The lowest BCUT2D eigenvalue weighted by Crippen LogP contribution is -2.54. The zero-order chi connectivity index (χ0) is 14.4. The summed E-state index contributed by atoms with van der Waals surface area (Å²) in [5.74, 6) is -0.180. The number of urea groups is 1. The van der Waals surface area contributed by atoms with Gasteiger partial charge in [0.1, 0.15) is 12.1 Å². The van der Waals surface area contributed by atoms with E-state index in [1.807, 2.05) is 20.8 Å². The highest BCUT2D eigenvalue weighted by molar-refractivity contribution is 5.87. The Morgan fingerprint density at radius 3 is 2.68 bits per heavy atom. The monoisotopic (exact) mass is 266 g/mol. The molecule has 3 amide bonds. The molecule has 0 radical (unpaired) electrons. The molecule has 0 aromatic carbocycles. The summed E-state index contributed by atoms with van der Waals surface area (Å²) in [4.78, 5) is 25.6. The Hall–Kier alpha value is -1.77. The Bertz CT molecular complexity index is 375. The molecule has 1 aliphatic heterocycles. The molecule has 1 heterocycles. The van der Waals surface area contributed by atoms with Crippen molar-refractivity contribution >= 4 is 11.9 Å². The van der Waals surface area contributed by atoms with Crippen molar-refractivity contribution in [3.8, 4) is 6.07 Å². The Labute approximate surface area is 114 Å². The van der Waals surface area contributed by atoms with Gasteiger partial charge >= 0.3 is 6.03 Å². The lowest BCUT2D eigenvalue weighted by Gasteiger charge is -2.28. The second kappa shape index (κ2) is 6.98. The predicted molar refractivity (Wildman–Crippen MR) is 71.2 cm³/mol. The minimum absolute atomic E-state index is 0.0185. The van der Waals surface area contributed by atoms with E-state index in [-0.39, 0.29) is 23.9 Å². The van der Waals surface area contributed by atoms with Gasteiger partial charge in [0.15, 0.2) is 0 Å². The molecule has 0 aliphatic carbocycles. The van der Waals surface area contributed by atoms with Crippen LogP contribution in [0.1, 0.15) is 33.6 Å². The van der Waals surface area contributed by atoms with Crippen LogP contribution in [0.4, 0.5) is 4.79 Å². The molecule has 1 rings (SSSR count). The second-order valence-corrected chi connectivity index (χ2v) is 5.04. The third-order valence-electron chi connectivity index (χ3n) is 3.24. The molecule has 6 heteroatoms. The molecular weight excluding hydrogens is 244 g/mol. The molecule has 0 bridgehead atoms. The number of carbonyl (C=O) groups is 2. The summed E-state index contributed by atoms with van der Waals surface area (Å²) >= 11 is 0. The van der Waals surface area contributed by atoms with E-state index in [9.17, 15) is 9.59 Å². The van der Waals surface area contributed by atoms with Crippen molar-refractivity contribution in [1.82, 2.24) is 15.5 Å². The molecule has 6 nitrogen and oxygen atoms in total. The number of amides is 3. The molecule has 1 fully saturated rings. The van der Waals surface area contributed by atoms with E-state index in [1.165, 1.54) is 0 Å². The van der Waals surface area contributed by atoms with E-state index in [0.717, 1.165) is 6.42 Å². The second-order valence-electron chi connectivity index (χ2n) is 5.04. The third-order valence-corrected chi connectivity index (χ3v) is 3.24. The number of carbonyl (C=O) groups excluding carboxylic acids is 2. The standard InChI is InChI=1S/C13H22N4O2/c1-4-15-13(19)16-11(9(2)3)12(18)17-7-5-6-10(17)8-14/h9-11H,4-7H2,1-3H3,(H2,15,16,19)/t10?,11-/m0/s1. The lowest BCUT2D eigenvalue weighted by atomic mass is 10.0. The average molecular weight is 266 g/mol. The lowest BCUT2D eigenvalue weighted by molar-refractivity contribution is -0.134. The number of nitrogens with one attached hydrogen (secondary N) is 2. The van der Waals surface area contributed by atoms with Gasteiger partial charge in [0.25, 0.3) is 0 Å². The quantitative estimate of drug-likeness (QED) is 0.791. The first-order valence-corrected chi connectivity index (χ1v) is 6.75. The van der Waals surface area contributed by atoms with Crippen LogP contribution in [0.15, 0.2) is 0 Å². The van der Waals surface area contributed by atoms with Crippen molar-refractivity contribution in [3.05, 3.63) is 0 Å². The molecule has 106 valence electrons. The van der Waals surface area contributed by atoms with Gasteiger partial charge in [0.2, 0.25) is 5.91 Å². The fourth-order valence-corrected chi connectivity index (χ4v) is 2.21. The molecular formula is C13H22N4O2. The van der Waals surface area contributed by atoms with Crippen LogP contribution in [0.3, 0.4) is 0 Å². The van der Waals surface area contributed by atoms with E-state index >= 15 is 0 Å². The molecule has 0 aromatic rings. The van der Waals surface area contributed by atoms with E-state index in [1.54, 1.807) is 4.90 Å². The van der Waals surface area contributed by atoms with Gasteiger partial charge in [0, 0.05) is 13.1 Å². The van der Waals surface area contributed by atoms with Crippen LogP contribution in [0.5, 0.6) is 0 Å². The number of hydrogen-bond acceptors (Lipinski definition) is 3. The molecule has 0 aromatic heterocycles. The van der Waals surface area contributed by atoms with Crippen LogP contribution in [0.2, 0.25) is 0 Å². The maximum absolute atomic E-state index is 12.4. The molecule has 2 atom stereocenters. The van der Waals surface area contributed by atoms with Gasteiger partial charge in [0.05, 0.1) is 6.07 Å². The van der Waals surface area contributed by atoms with Crippen molar-refractivity contribution in [1.29, 1.82) is 5.26 Å². The molecule has 2 N–H and O–H groups in total. The maximum Gasteiger partial charge on any atom is 0.315 e. The Kier molecular flexibility index (Phi) is 5.61. The van der Waals surface area contributed by atoms with Gasteiger partial charge in [-0.1, -0.05) is 13.8 Å². The van der Waals surface area contributed by atoms with Gasteiger partial charge in [-0.3, -0.25) is 4.79 Å². The molecule has 1 saturated heterocycles. The summed E-state index contributed by atoms with van der Waals surface area (Å²) in [6.45, 7) is 6.68. The van der Waals surface area contributed by atoms with Crippen LogP contribution >= 0.6 is 0 Å². The Morgan fingerprint density at radius 2 is 2.16 bits per heavy atom. The summed E-state index contributed by atoms with van der Waals surface area (Å²) in [6, 6.07) is 0.859. The average Bonchev–Trinajstić information content (AvgIpc) is 2.83. The Balaban J connectivity index is 2.73. The number of hydrogen-bond donors (Lipinski definition) is 2. The van der Waals surface area contributed by atoms with Crippen LogP contribution in [0, 0.1) is 17.2 Å². The van der Waals surface area contributed by atoms with Gasteiger partial charge in [-0.05, 0) is 25.7 Å². The summed E-state index contributed by atoms with van der Waals surface area (Å²) < 4.78 is 0. The predicted octanol–water partition coefficient (Wildman–Crippen LogP) is 0.845. The first kappa shape index (κ1) is 15.3. The molecule has 19 heavy (non-hydrogen) atoms. The molecule has 1 aliphatic rings. The normalized spacial score (nSPS) is 19.9. The number of nitriles is 1. The fraction of sp³-hybridized carbons (Fsp3) is 0.769. The highest BCUT2D eigenvalue weighted by Gasteiger charge is 2.35. The summed E-state index contributed by atoms with van der Waals surface area (Å²) in [5, 5.41) is 14.3. The highest BCUT2D eigenvalue weighted by Crippen LogP contribution is 2.19. The number of rotatable bonds is 4. The Morgan fingerprint density at radius 1 is 1.47 bits per heavy atom. The van der Waals surface area contributed by atoms with E-state index in [0.29, 0.717) is 19.5 Å². The first-order chi connectivity index (χ1) is 9.01. The topological polar surface area (TPSA) is 85.2 Å². The van der Waals surface area contributed by atoms with Gasteiger partial charge < -0.3 is 15.5 Å². The van der Waals surface area contributed by atoms with E-state index in [4.69, 9.17) is 5.26 Å². The van der Waals surface area contributed by atoms with Crippen molar-refractivity contribution in [2.45, 2.75) is 45.7 Å². The highest BCUT2D eigenvalue weighted by atomic mass is 16.2. The largest absolute Gasteiger partial charge is 0.338 e. The van der Waals surface area contributed by atoms with E-state index in [2.05, 4.69) is 16.7 Å². The van der Waals surface area contributed by atoms with Gasteiger partial charge in [-0.25, -0.2) is 4.79 Å². The van der Waals surface area contributed by atoms with Crippen LogP contribution in [-0.4, -0.2) is 42.0 Å². The van der Waals surface area contributed by atoms with Crippen molar-refractivity contribution in [2.75, 3.05) is 13.1 Å². The summed E-state index contributed by atoms with van der Waals surface area (Å²) in [7, 11) is 0.